The first-order valence-electron chi connectivity index (χ1n) is 8.67. The molecule has 7 nitrogen and oxygen atoms in total. The predicted molar refractivity (Wildman–Crippen MR) is 104 cm³/mol. The first kappa shape index (κ1) is 19.2. The van der Waals surface area contributed by atoms with Crippen molar-refractivity contribution in [3.8, 4) is 5.75 Å². The van der Waals surface area contributed by atoms with Crippen LogP contribution in [0.1, 0.15) is 27.0 Å². The van der Waals surface area contributed by atoms with E-state index in [1.54, 1.807) is 24.3 Å². The van der Waals surface area contributed by atoms with Crippen LogP contribution in [0.25, 0.3) is 11.0 Å². The number of amides is 2. The van der Waals surface area contributed by atoms with Crippen LogP contribution in [0.5, 0.6) is 5.75 Å². The minimum Gasteiger partial charge on any atom is -0.484 e. The van der Waals surface area contributed by atoms with Crippen LogP contribution in [0.15, 0.2) is 51.7 Å². The number of carbonyl (C=O) groups is 2. The molecule has 2 N–H and O–H groups in total. The summed E-state index contributed by atoms with van der Waals surface area (Å²) in [5.41, 5.74) is 7.65. The van der Waals surface area contributed by atoms with Crippen molar-refractivity contribution in [1.29, 1.82) is 0 Å². The van der Waals surface area contributed by atoms with E-state index in [1.165, 1.54) is 6.07 Å². The quantitative estimate of drug-likeness (QED) is 0.535. The molecule has 0 aliphatic carbocycles. The van der Waals surface area contributed by atoms with E-state index in [1.807, 2.05) is 32.9 Å². The van der Waals surface area contributed by atoms with Crippen LogP contribution < -0.4 is 21.2 Å². The van der Waals surface area contributed by atoms with Crippen LogP contribution in [0, 0.1) is 20.8 Å². The van der Waals surface area contributed by atoms with E-state index in [-0.39, 0.29) is 6.61 Å². The highest BCUT2D eigenvalue weighted by Crippen LogP contribution is 2.22. The number of hydrogen-bond donors (Lipinski definition) is 2. The number of hydrazine groups is 1. The van der Waals surface area contributed by atoms with Gasteiger partial charge in [-0.25, -0.2) is 4.79 Å². The third-order valence-electron chi connectivity index (χ3n) is 4.25. The normalized spacial score (nSPS) is 10.5. The number of carbonyl (C=O) groups excluding carboxylic acids is 2. The molecule has 3 aromatic rings. The molecule has 0 aliphatic heterocycles. The Morgan fingerprint density at radius 2 is 1.75 bits per heavy atom. The summed E-state index contributed by atoms with van der Waals surface area (Å²) in [5.74, 6) is -0.556. The van der Waals surface area contributed by atoms with Gasteiger partial charge < -0.3 is 9.15 Å². The molecular weight excluding hydrogens is 360 g/mol. The van der Waals surface area contributed by atoms with E-state index < -0.39 is 17.4 Å². The minimum atomic E-state index is -0.524. The molecule has 0 aliphatic rings. The van der Waals surface area contributed by atoms with Crippen LogP contribution in [-0.2, 0) is 4.79 Å². The van der Waals surface area contributed by atoms with Gasteiger partial charge >= 0.3 is 5.63 Å². The monoisotopic (exact) mass is 380 g/mol. The van der Waals surface area contributed by atoms with Gasteiger partial charge in [-0.1, -0.05) is 17.7 Å². The summed E-state index contributed by atoms with van der Waals surface area (Å²) in [6.07, 6.45) is 0. The third-order valence-corrected chi connectivity index (χ3v) is 4.25. The van der Waals surface area contributed by atoms with Crippen molar-refractivity contribution < 1.29 is 18.7 Å². The zero-order chi connectivity index (χ0) is 20.3. The Morgan fingerprint density at radius 1 is 0.964 bits per heavy atom. The van der Waals surface area contributed by atoms with Crippen molar-refractivity contribution in [2.75, 3.05) is 6.61 Å². The van der Waals surface area contributed by atoms with Crippen LogP contribution >= 0.6 is 0 Å². The van der Waals surface area contributed by atoms with Gasteiger partial charge in [0, 0.05) is 23.1 Å². The van der Waals surface area contributed by atoms with Gasteiger partial charge in [-0.05, 0) is 50.1 Å². The molecule has 0 fully saturated rings. The highest BCUT2D eigenvalue weighted by atomic mass is 16.5. The maximum atomic E-state index is 12.2. The summed E-state index contributed by atoms with van der Waals surface area (Å²) in [7, 11) is 0. The number of nitrogens with one attached hydrogen (secondary N) is 2. The smallest absolute Gasteiger partial charge is 0.336 e. The molecule has 7 heteroatoms. The first-order chi connectivity index (χ1) is 13.3. The Hall–Kier alpha value is -3.61. The Bertz CT molecular complexity index is 1120. The van der Waals surface area contributed by atoms with Gasteiger partial charge in [-0.15, -0.1) is 0 Å². The lowest BCUT2D eigenvalue weighted by molar-refractivity contribution is -0.123. The van der Waals surface area contributed by atoms with Crippen molar-refractivity contribution in [3.63, 3.8) is 0 Å². The second kappa shape index (κ2) is 7.96. The van der Waals surface area contributed by atoms with Gasteiger partial charge in [0.05, 0.1) is 0 Å². The molecule has 0 radical (unpaired) electrons. The second-order valence-corrected chi connectivity index (χ2v) is 6.52. The van der Waals surface area contributed by atoms with Gasteiger partial charge in [0.25, 0.3) is 11.8 Å². The number of benzene rings is 2. The number of ether oxygens (including phenoxy) is 1. The molecule has 28 heavy (non-hydrogen) atoms. The highest BCUT2D eigenvalue weighted by Gasteiger charge is 2.11. The lowest BCUT2D eigenvalue weighted by atomic mass is 10.1. The third kappa shape index (κ3) is 4.37. The summed E-state index contributed by atoms with van der Waals surface area (Å²) >= 11 is 0. The fraction of sp³-hybridized carbons (Fsp3) is 0.190. The van der Waals surface area contributed by atoms with Crippen LogP contribution in [0.4, 0.5) is 0 Å². The van der Waals surface area contributed by atoms with Gasteiger partial charge in [0.1, 0.15) is 11.3 Å². The fourth-order valence-electron chi connectivity index (χ4n) is 2.75. The summed E-state index contributed by atoms with van der Waals surface area (Å²) in [6.45, 7) is 5.20. The number of aryl methyl sites for hydroxylation is 3. The van der Waals surface area contributed by atoms with Crippen LogP contribution in [0.2, 0.25) is 0 Å². The van der Waals surface area contributed by atoms with Crippen molar-refractivity contribution in [3.05, 3.63) is 75.1 Å². The van der Waals surface area contributed by atoms with E-state index in [0.29, 0.717) is 16.9 Å². The Kier molecular flexibility index (Phi) is 5.44. The molecule has 2 amide bonds. The summed E-state index contributed by atoms with van der Waals surface area (Å²) in [4.78, 5) is 35.6. The molecule has 144 valence electrons. The Balaban J connectivity index is 1.58. The standard InChI is InChI=1S/C21H20N2O5/c1-12-4-5-13(2)17(8-12)21(26)23-22-19(24)11-27-15-6-7-16-14(3)9-20(25)28-18(16)10-15/h4-10H,11H2,1-3H3,(H,22,24)(H,23,26). The van der Waals surface area contributed by atoms with Gasteiger partial charge in [0.15, 0.2) is 6.61 Å². The maximum absolute atomic E-state index is 12.2. The fourth-order valence-corrected chi connectivity index (χ4v) is 2.75. The number of fused-ring (bicyclic) bond motifs is 1. The van der Waals surface area contributed by atoms with Gasteiger partial charge in [-0.3, -0.25) is 20.4 Å². The summed E-state index contributed by atoms with van der Waals surface area (Å²) in [6, 6.07) is 11.9. The van der Waals surface area contributed by atoms with Gasteiger partial charge in [-0.2, -0.15) is 0 Å². The molecule has 0 saturated carbocycles. The summed E-state index contributed by atoms with van der Waals surface area (Å²) < 4.78 is 10.6. The number of hydrogen-bond acceptors (Lipinski definition) is 5. The Labute approximate surface area is 161 Å². The zero-order valence-electron chi connectivity index (χ0n) is 15.8. The molecule has 0 saturated heterocycles. The van der Waals surface area contributed by atoms with E-state index in [4.69, 9.17) is 9.15 Å². The van der Waals surface area contributed by atoms with Crippen molar-refractivity contribution in [1.82, 2.24) is 10.9 Å². The van der Waals surface area contributed by atoms with E-state index in [9.17, 15) is 14.4 Å². The first-order valence-corrected chi connectivity index (χ1v) is 8.67. The highest BCUT2D eigenvalue weighted by molar-refractivity contribution is 5.96. The largest absolute Gasteiger partial charge is 0.484 e. The summed E-state index contributed by atoms with van der Waals surface area (Å²) in [5, 5.41) is 0.789. The minimum absolute atomic E-state index is 0.311. The average molecular weight is 380 g/mol. The predicted octanol–water partition coefficient (Wildman–Crippen LogP) is 2.56. The van der Waals surface area contributed by atoms with E-state index in [0.717, 1.165) is 22.1 Å². The number of rotatable bonds is 4. The van der Waals surface area contributed by atoms with Crippen molar-refractivity contribution >= 4 is 22.8 Å². The van der Waals surface area contributed by atoms with Gasteiger partial charge in [0.2, 0.25) is 0 Å². The van der Waals surface area contributed by atoms with Crippen LogP contribution in [0.3, 0.4) is 0 Å². The molecule has 1 heterocycles. The molecule has 3 rings (SSSR count). The molecule has 1 aromatic heterocycles. The van der Waals surface area contributed by atoms with Crippen LogP contribution in [-0.4, -0.2) is 18.4 Å². The lowest BCUT2D eigenvalue weighted by Crippen LogP contribution is -2.44. The average Bonchev–Trinajstić information content (AvgIpc) is 2.65. The Morgan fingerprint density at radius 3 is 2.54 bits per heavy atom. The zero-order valence-corrected chi connectivity index (χ0v) is 15.8. The topological polar surface area (TPSA) is 97.6 Å². The van der Waals surface area contributed by atoms with Crippen molar-refractivity contribution in [2.24, 2.45) is 0 Å². The molecule has 0 unspecified atom stereocenters. The van der Waals surface area contributed by atoms with Crippen molar-refractivity contribution in [2.45, 2.75) is 20.8 Å². The second-order valence-electron chi connectivity index (χ2n) is 6.52. The SMILES string of the molecule is Cc1ccc(C)c(C(=O)NNC(=O)COc2ccc3c(C)cc(=O)oc3c2)c1. The molecule has 0 bridgehead atoms. The molecule has 0 spiro atoms. The molecule has 2 aromatic carbocycles. The molecular formula is C21H20N2O5. The molecule has 0 atom stereocenters. The lowest BCUT2D eigenvalue weighted by Gasteiger charge is -2.11. The maximum Gasteiger partial charge on any atom is 0.336 e. The van der Waals surface area contributed by atoms with E-state index >= 15 is 0 Å². The van der Waals surface area contributed by atoms with E-state index in [2.05, 4.69) is 10.9 Å².